The number of nitrogens with zero attached hydrogens (tertiary/aromatic N) is 2. The largest absolute Gasteiger partial charge is 0.478 e. The minimum absolute atomic E-state index is 0.108. The number of carbonyl (C=O) groups is 2. The molecular weight excluding hydrogens is 430 g/mol. The number of aromatic carboxylic acids is 1. The molecule has 0 aliphatic heterocycles. The number of carboxylic acid groups (broad SMARTS) is 1. The Hall–Kier alpha value is -3.68. The predicted molar refractivity (Wildman–Crippen MR) is 133 cm³/mol. The lowest BCUT2D eigenvalue weighted by Gasteiger charge is -2.23. The van der Waals surface area contributed by atoms with Gasteiger partial charge in [-0.1, -0.05) is 30.3 Å². The van der Waals surface area contributed by atoms with Gasteiger partial charge >= 0.3 is 5.97 Å². The predicted octanol–water partition coefficient (Wildman–Crippen LogP) is 4.57. The standard InChI is InChI=1S/C27H31N3O4/c1-29(2)17-6-18-30(19-21-9-11-22(12-10-21)27(32)33)20-26(31)28-23-13-15-25(16-14-23)34-24-7-4-3-5-8-24/h3-5,7-16H,6,17-20H2,1-2H3,(H,28,31)(H,32,33). The molecule has 0 fully saturated rings. The van der Waals surface area contributed by atoms with E-state index in [0.717, 1.165) is 30.8 Å². The molecule has 0 aliphatic rings. The van der Waals surface area contributed by atoms with Crippen molar-refractivity contribution in [2.45, 2.75) is 13.0 Å². The molecule has 0 aliphatic carbocycles. The maximum atomic E-state index is 12.8. The van der Waals surface area contributed by atoms with E-state index in [-0.39, 0.29) is 18.0 Å². The van der Waals surface area contributed by atoms with Crippen molar-refractivity contribution in [3.63, 3.8) is 0 Å². The van der Waals surface area contributed by atoms with Crippen LogP contribution >= 0.6 is 0 Å². The summed E-state index contributed by atoms with van der Waals surface area (Å²) >= 11 is 0. The Morgan fingerprint density at radius 2 is 1.50 bits per heavy atom. The molecule has 0 unspecified atom stereocenters. The first-order valence-corrected chi connectivity index (χ1v) is 11.2. The summed E-state index contributed by atoms with van der Waals surface area (Å²) < 4.78 is 5.79. The third-order valence-electron chi connectivity index (χ3n) is 5.17. The molecule has 7 nitrogen and oxygen atoms in total. The summed E-state index contributed by atoms with van der Waals surface area (Å²) in [7, 11) is 4.04. The van der Waals surface area contributed by atoms with E-state index in [4.69, 9.17) is 9.84 Å². The van der Waals surface area contributed by atoms with Gasteiger partial charge in [0.05, 0.1) is 12.1 Å². The van der Waals surface area contributed by atoms with E-state index in [2.05, 4.69) is 15.1 Å². The highest BCUT2D eigenvalue weighted by molar-refractivity contribution is 5.92. The van der Waals surface area contributed by atoms with Gasteiger partial charge in [0, 0.05) is 18.8 Å². The number of ether oxygens (including phenoxy) is 1. The SMILES string of the molecule is CN(C)CCCN(CC(=O)Nc1ccc(Oc2ccccc2)cc1)Cc1ccc(C(=O)O)cc1. The highest BCUT2D eigenvalue weighted by Crippen LogP contribution is 2.22. The highest BCUT2D eigenvalue weighted by Gasteiger charge is 2.13. The Bertz CT molecular complexity index is 1050. The zero-order valence-electron chi connectivity index (χ0n) is 19.6. The monoisotopic (exact) mass is 461 g/mol. The molecule has 3 aromatic carbocycles. The van der Waals surface area contributed by atoms with Crippen LogP contribution in [0, 0.1) is 0 Å². The highest BCUT2D eigenvalue weighted by atomic mass is 16.5. The van der Waals surface area contributed by atoms with Gasteiger partial charge in [-0.2, -0.15) is 0 Å². The number of carbonyl (C=O) groups excluding carboxylic acids is 1. The van der Waals surface area contributed by atoms with Gasteiger partial charge in [0.15, 0.2) is 0 Å². The number of amides is 1. The van der Waals surface area contributed by atoms with Crippen molar-refractivity contribution >= 4 is 17.6 Å². The van der Waals surface area contributed by atoms with E-state index in [0.29, 0.717) is 18.0 Å². The van der Waals surface area contributed by atoms with E-state index >= 15 is 0 Å². The molecule has 0 radical (unpaired) electrons. The van der Waals surface area contributed by atoms with Gasteiger partial charge in [0.25, 0.3) is 0 Å². The Morgan fingerprint density at radius 3 is 2.12 bits per heavy atom. The number of para-hydroxylation sites is 1. The maximum Gasteiger partial charge on any atom is 0.335 e. The molecule has 0 heterocycles. The first-order valence-electron chi connectivity index (χ1n) is 11.2. The van der Waals surface area contributed by atoms with Crippen LogP contribution in [0.25, 0.3) is 0 Å². The molecule has 34 heavy (non-hydrogen) atoms. The quantitative estimate of drug-likeness (QED) is 0.411. The minimum atomic E-state index is -0.950. The van der Waals surface area contributed by atoms with Crippen LogP contribution in [-0.4, -0.2) is 60.5 Å². The Balaban J connectivity index is 1.58. The van der Waals surface area contributed by atoms with E-state index in [1.54, 1.807) is 24.3 Å². The molecule has 0 aromatic heterocycles. The smallest absolute Gasteiger partial charge is 0.335 e. The summed E-state index contributed by atoms with van der Waals surface area (Å²) in [5.41, 5.74) is 1.91. The Morgan fingerprint density at radius 1 is 0.853 bits per heavy atom. The van der Waals surface area contributed by atoms with Crippen molar-refractivity contribution in [2.24, 2.45) is 0 Å². The van der Waals surface area contributed by atoms with Crippen LogP contribution in [-0.2, 0) is 11.3 Å². The van der Waals surface area contributed by atoms with Crippen molar-refractivity contribution in [3.8, 4) is 11.5 Å². The van der Waals surface area contributed by atoms with Crippen LogP contribution in [0.1, 0.15) is 22.3 Å². The van der Waals surface area contributed by atoms with Gasteiger partial charge in [0.1, 0.15) is 11.5 Å². The Labute approximate surface area is 200 Å². The first-order chi connectivity index (χ1) is 16.4. The third-order valence-corrected chi connectivity index (χ3v) is 5.17. The Kier molecular flexibility index (Phi) is 9.20. The topological polar surface area (TPSA) is 82.1 Å². The second-order valence-corrected chi connectivity index (χ2v) is 8.36. The number of rotatable bonds is 12. The molecular formula is C27H31N3O4. The normalized spacial score (nSPS) is 10.9. The molecule has 1 amide bonds. The number of nitrogens with one attached hydrogen (secondary N) is 1. The summed E-state index contributed by atoms with van der Waals surface area (Å²) in [5, 5.41) is 12.0. The van der Waals surface area contributed by atoms with Crippen molar-refractivity contribution in [2.75, 3.05) is 39.0 Å². The fourth-order valence-corrected chi connectivity index (χ4v) is 3.47. The summed E-state index contributed by atoms with van der Waals surface area (Å²) in [4.78, 5) is 28.0. The minimum Gasteiger partial charge on any atom is -0.478 e. The van der Waals surface area contributed by atoms with Gasteiger partial charge in [0.2, 0.25) is 5.91 Å². The first kappa shape index (κ1) is 25.0. The van der Waals surface area contributed by atoms with Crippen LogP contribution in [0.4, 0.5) is 5.69 Å². The molecule has 2 N–H and O–H groups in total. The summed E-state index contributed by atoms with van der Waals surface area (Å²) in [6.07, 6.45) is 0.916. The average molecular weight is 462 g/mol. The lowest BCUT2D eigenvalue weighted by Crippen LogP contribution is -2.34. The van der Waals surface area contributed by atoms with Crippen LogP contribution in [0.5, 0.6) is 11.5 Å². The number of anilines is 1. The van der Waals surface area contributed by atoms with Gasteiger partial charge in [-0.3, -0.25) is 9.69 Å². The van der Waals surface area contributed by atoms with Gasteiger partial charge in [-0.05, 0) is 81.2 Å². The summed E-state index contributed by atoms with van der Waals surface area (Å²) in [5.74, 6) is 0.390. The van der Waals surface area contributed by atoms with Gasteiger partial charge in [-0.15, -0.1) is 0 Å². The van der Waals surface area contributed by atoms with E-state index in [1.165, 1.54) is 0 Å². The fraction of sp³-hybridized carbons (Fsp3) is 0.259. The number of benzene rings is 3. The summed E-state index contributed by atoms with van der Waals surface area (Å²) in [6.45, 7) is 2.45. The number of hydrogen-bond acceptors (Lipinski definition) is 5. The van der Waals surface area contributed by atoms with Crippen LogP contribution in [0.3, 0.4) is 0 Å². The number of hydrogen-bond donors (Lipinski definition) is 2. The van der Waals surface area contributed by atoms with Gasteiger partial charge < -0.3 is 20.1 Å². The van der Waals surface area contributed by atoms with Crippen molar-refractivity contribution in [3.05, 3.63) is 90.0 Å². The molecule has 0 saturated carbocycles. The average Bonchev–Trinajstić information content (AvgIpc) is 2.81. The molecule has 3 rings (SSSR count). The molecule has 178 valence electrons. The third kappa shape index (κ3) is 8.35. The maximum absolute atomic E-state index is 12.8. The molecule has 0 bridgehead atoms. The van der Waals surface area contributed by atoms with Gasteiger partial charge in [-0.25, -0.2) is 4.79 Å². The summed E-state index contributed by atoms with van der Waals surface area (Å²) in [6, 6.07) is 23.6. The molecule has 0 saturated heterocycles. The zero-order valence-corrected chi connectivity index (χ0v) is 19.6. The van der Waals surface area contributed by atoms with Crippen LogP contribution in [0.2, 0.25) is 0 Å². The zero-order chi connectivity index (χ0) is 24.3. The van der Waals surface area contributed by atoms with E-state index in [9.17, 15) is 9.59 Å². The molecule has 7 heteroatoms. The van der Waals surface area contributed by atoms with E-state index in [1.807, 2.05) is 68.7 Å². The van der Waals surface area contributed by atoms with Crippen LogP contribution < -0.4 is 10.1 Å². The van der Waals surface area contributed by atoms with Crippen molar-refractivity contribution in [1.29, 1.82) is 0 Å². The van der Waals surface area contributed by atoms with Crippen molar-refractivity contribution in [1.82, 2.24) is 9.80 Å². The lowest BCUT2D eigenvalue weighted by molar-refractivity contribution is -0.117. The van der Waals surface area contributed by atoms with Crippen molar-refractivity contribution < 1.29 is 19.4 Å². The van der Waals surface area contributed by atoms with E-state index < -0.39 is 5.97 Å². The lowest BCUT2D eigenvalue weighted by atomic mass is 10.1. The van der Waals surface area contributed by atoms with Crippen LogP contribution in [0.15, 0.2) is 78.9 Å². The molecule has 0 spiro atoms. The second kappa shape index (κ2) is 12.5. The number of carboxylic acids is 1. The molecule has 3 aromatic rings. The molecule has 0 atom stereocenters. The fourth-order valence-electron chi connectivity index (χ4n) is 3.47. The second-order valence-electron chi connectivity index (χ2n) is 8.36.